The van der Waals surface area contributed by atoms with Gasteiger partial charge in [-0.3, -0.25) is 0 Å². The molecule has 1 saturated carbocycles. The highest BCUT2D eigenvalue weighted by atomic mass is 15.1. The quantitative estimate of drug-likeness (QED) is 0.854. The Morgan fingerprint density at radius 2 is 2.24 bits per heavy atom. The maximum absolute atomic E-state index is 4.47. The molecular weight excluding hydrogens is 210 g/mol. The van der Waals surface area contributed by atoms with Gasteiger partial charge in [0.2, 0.25) is 0 Å². The van der Waals surface area contributed by atoms with E-state index in [1.54, 1.807) is 0 Å². The Balaban J connectivity index is 1.83. The molecule has 3 heteroatoms. The highest BCUT2D eigenvalue weighted by Crippen LogP contribution is 2.22. The fourth-order valence-electron chi connectivity index (χ4n) is 2.30. The molecule has 1 aromatic heterocycles. The van der Waals surface area contributed by atoms with Crippen molar-refractivity contribution >= 4 is 11.0 Å². The van der Waals surface area contributed by atoms with Gasteiger partial charge in [0, 0.05) is 18.6 Å². The van der Waals surface area contributed by atoms with E-state index in [0.29, 0.717) is 6.04 Å². The van der Waals surface area contributed by atoms with Gasteiger partial charge in [-0.2, -0.15) is 0 Å². The third kappa shape index (κ3) is 2.20. The topological polar surface area (TPSA) is 29.9 Å². The van der Waals surface area contributed by atoms with Gasteiger partial charge >= 0.3 is 0 Å². The first-order valence-corrected chi connectivity index (χ1v) is 6.53. The molecule has 0 radical (unpaired) electrons. The van der Waals surface area contributed by atoms with E-state index in [1.807, 2.05) is 12.4 Å². The molecule has 0 aliphatic heterocycles. The van der Waals surface area contributed by atoms with Gasteiger partial charge in [-0.1, -0.05) is 19.1 Å². The van der Waals surface area contributed by atoms with Crippen molar-refractivity contribution in [1.82, 2.24) is 14.9 Å². The molecule has 0 saturated heterocycles. The first-order chi connectivity index (χ1) is 8.38. The molecule has 3 nitrogen and oxygen atoms in total. The number of fused-ring (bicyclic) bond motifs is 1. The summed E-state index contributed by atoms with van der Waals surface area (Å²) in [5, 5.41) is 3.61. The Morgan fingerprint density at radius 1 is 1.41 bits per heavy atom. The van der Waals surface area contributed by atoms with Gasteiger partial charge in [0.1, 0.15) is 0 Å². The molecule has 1 aromatic carbocycles. The molecular formula is C14H19N3. The minimum absolute atomic E-state index is 0.517. The van der Waals surface area contributed by atoms with Crippen molar-refractivity contribution in [1.29, 1.82) is 0 Å². The van der Waals surface area contributed by atoms with Crippen molar-refractivity contribution in [2.45, 2.75) is 38.3 Å². The first-order valence-electron chi connectivity index (χ1n) is 6.53. The van der Waals surface area contributed by atoms with Gasteiger partial charge in [0.15, 0.2) is 0 Å². The molecule has 1 aliphatic carbocycles. The summed E-state index contributed by atoms with van der Waals surface area (Å²) in [6.07, 6.45) is 5.82. The van der Waals surface area contributed by atoms with E-state index in [0.717, 1.165) is 24.5 Å². The smallest absolute Gasteiger partial charge is 0.0961 e. The maximum Gasteiger partial charge on any atom is 0.0961 e. The number of benzene rings is 1. The number of rotatable bonds is 5. The molecule has 1 fully saturated rings. The van der Waals surface area contributed by atoms with Crippen LogP contribution in [0.1, 0.15) is 32.2 Å². The molecule has 1 unspecified atom stereocenters. The highest BCUT2D eigenvalue weighted by Gasteiger charge is 2.22. The summed E-state index contributed by atoms with van der Waals surface area (Å²) >= 11 is 0. The lowest BCUT2D eigenvalue weighted by molar-refractivity contribution is 0.455. The van der Waals surface area contributed by atoms with Crippen LogP contribution in [-0.2, 0) is 0 Å². The van der Waals surface area contributed by atoms with Crippen molar-refractivity contribution in [3.63, 3.8) is 0 Å². The van der Waals surface area contributed by atoms with Crippen LogP contribution in [0, 0.1) is 0 Å². The number of nitrogens with one attached hydrogen (secondary N) is 1. The zero-order valence-electron chi connectivity index (χ0n) is 10.3. The van der Waals surface area contributed by atoms with E-state index in [4.69, 9.17) is 0 Å². The normalized spacial score (nSPS) is 17.5. The van der Waals surface area contributed by atoms with Crippen LogP contribution < -0.4 is 5.32 Å². The Morgan fingerprint density at radius 3 is 3.00 bits per heavy atom. The fourth-order valence-corrected chi connectivity index (χ4v) is 2.30. The van der Waals surface area contributed by atoms with Crippen LogP contribution in [-0.4, -0.2) is 22.1 Å². The van der Waals surface area contributed by atoms with E-state index in [1.165, 1.54) is 18.4 Å². The average Bonchev–Trinajstić information content (AvgIpc) is 3.10. The summed E-state index contributed by atoms with van der Waals surface area (Å²) in [6, 6.07) is 9.65. The van der Waals surface area contributed by atoms with Crippen molar-refractivity contribution in [2.75, 3.05) is 6.54 Å². The Kier molecular flexibility index (Phi) is 2.85. The fraction of sp³-hybridized carbons (Fsp3) is 0.500. The molecule has 0 bridgehead atoms. The first kappa shape index (κ1) is 10.8. The molecule has 1 heterocycles. The summed E-state index contributed by atoms with van der Waals surface area (Å²) in [7, 11) is 0. The van der Waals surface area contributed by atoms with Crippen molar-refractivity contribution in [3.05, 3.63) is 30.6 Å². The average molecular weight is 229 g/mol. The van der Waals surface area contributed by atoms with Gasteiger partial charge in [-0.25, -0.2) is 4.98 Å². The van der Waals surface area contributed by atoms with Gasteiger partial charge < -0.3 is 9.88 Å². The minimum atomic E-state index is 0.517. The molecule has 3 rings (SSSR count). The van der Waals surface area contributed by atoms with Crippen molar-refractivity contribution in [3.8, 4) is 0 Å². The van der Waals surface area contributed by atoms with Crippen LogP contribution in [0.3, 0.4) is 0 Å². The van der Waals surface area contributed by atoms with Gasteiger partial charge in [-0.05, 0) is 31.4 Å². The Bertz CT molecular complexity index is 499. The SMILES string of the molecule is CCC(CNC1CC1)n1cnc2ccccc21. The number of para-hydroxylation sites is 2. The van der Waals surface area contributed by atoms with E-state index in [2.05, 4.69) is 40.0 Å². The van der Waals surface area contributed by atoms with E-state index >= 15 is 0 Å². The maximum atomic E-state index is 4.47. The molecule has 0 amide bonds. The molecule has 2 aromatic rings. The molecule has 17 heavy (non-hydrogen) atoms. The lowest BCUT2D eigenvalue weighted by Gasteiger charge is -2.18. The highest BCUT2D eigenvalue weighted by molar-refractivity contribution is 5.75. The summed E-state index contributed by atoms with van der Waals surface area (Å²) in [5.74, 6) is 0. The molecule has 0 spiro atoms. The van der Waals surface area contributed by atoms with Gasteiger partial charge in [0.05, 0.1) is 17.4 Å². The monoisotopic (exact) mass is 229 g/mol. The second-order valence-electron chi connectivity index (χ2n) is 4.89. The molecule has 90 valence electrons. The second kappa shape index (κ2) is 4.49. The summed E-state index contributed by atoms with van der Waals surface area (Å²) < 4.78 is 2.31. The summed E-state index contributed by atoms with van der Waals surface area (Å²) in [5.41, 5.74) is 2.34. The predicted molar refractivity (Wildman–Crippen MR) is 70.1 cm³/mol. The van der Waals surface area contributed by atoms with Gasteiger partial charge in [-0.15, -0.1) is 0 Å². The Labute approximate surface area is 102 Å². The number of aromatic nitrogens is 2. The van der Waals surface area contributed by atoms with Crippen LogP contribution in [0.25, 0.3) is 11.0 Å². The predicted octanol–water partition coefficient (Wildman–Crippen LogP) is 2.74. The molecule has 1 atom stereocenters. The van der Waals surface area contributed by atoms with E-state index in [9.17, 15) is 0 Å². The zero-order chi connectivity index (χ0) is 11.7. The third-order valence-electron chi connectivity index (χ3n) is 3.57. The van der Waals surface area contributed by atoms with E-state index < -0.39 is 0 Å². The second-order valence-corrected chi connectivity index (χ2v) is 4.89. The van der Waals surface area contributed by atoms with Crippen LogP contribution >= 0.6 is 0 Å². The summed E-state index contributed by atoms with van der Waals surface area (Å²) in [6.45, 7) is 3.30. The number of imidazole rings is 1. The number of hydrogen-bond donors (Lipinski definition) is 1. The molecule has 1 N–H and O–H groups in total. The third-order valence-corrected chi connectivity index (χ3v) is 3.57. The standard InChI is InChI=1S/C14H19N3/c1-2-12(9-15-11-7-8-11)17-10-16-13-5-3-4-6-14(13)17/h3-6,10-12,15H,2,7-9H2,1H3. The number of nitrogens with zero attached hydrogens (tertiary/aromatic N) is 2. The van der Waals surface area contributed by atoms with Crippen LogP contribution in [0.15, 0.2) is 30.6 Å². The largest absolute Gasteiger partial charge is 0.326 e. The lowest BCUT2D eigenvalue weighted by atomic mass is 10.2. The van der Waals surface area contributed by atoms with Gasteiger partial charge in [0.25, 0.3) is 0 Å². The summed E-state index contributed by atoms with van der Waals surface area (Å²) in [4.78, 5) is 4.47. The lowest BCUT2D eigenvalue weighted by Crippen LogP contribution is -2.26. The van der Waals surface area contributed by atoms with Crippen molar-refractivity contribution < 1.29 is 0 Å². The van der Waals surface area contributed by atoms with E-state index in [-0.39, 0.29) is 0 Å². The number of hydrogen-bond acceptors (Lipinski definition) is 2. The van der Waals surface area contributed by atoms with Crippen LogP contribution in [0.2, 0.25) is 0 Å². The Hall–Kier alpha value is -1.35. The van der Waals surface area contributed by atoms with Crippen LogP contribution in [0.4, 0.5) is 0 Å². The van der Waals surface area contributed by atoms with Crippen molar-refractivity contribution in [2.24, 2.45) is 0 Å². The minimum Gasteiger partial charge on any atom is -0.326 e. The molecule has 1 aliphatic rings. The van der Waals surface area contributed by atoms with Crippen LogP contribution in [0.5, 0.6) is 0 Å². The zero-order valence-corrected chi connectivity index (χ0v) is 10.3.